The lowest BCUT2D eigenvalue weighted by atomic mass is 9.89. The summed E-state index contributed by atoms with van der Waals surface area (Å²) in [7, 11) is 0. The van der Waals surface area contributed by atoms with Crippen LogP contribution in [-0.4, -0.2) is 76.3 Å². The number of carboxylic acid groups (broad SMARTS) is 1. The molecule has 2 aromatic rings. The molecule has 174 valence electrons. The Kier molecular flexibility index (Phi) is 7.52. The number of furan rings is 1. The Labute approximate surface area is 182 Å². The summed E-state index contributed by atoms with van der Waals surface area (Å²) >= 11 is 0. The first-order chi connectivity index (χ1) is 15.2. The maximum Gasteiger partial charge on any atom is 0.490 e. The zero-order valence-corrected chi connectivity index (χ0v) is 17.3. The van der Waals surface area contributed by atoms with Crippen LogP contribution in [0.3, 0.4) is 0 Å². The molecule has 0 bridgehead atoms. The van der Waals surface area contributed by atoms with E-state index in [1.165, 1.54) is 6.26 Å². The Hall–Kier alpha value is -2.92. The summed E-state index contributed by atoms with van der Waals surface area (Å²) in [5.41, 5.74) is 1.57. The largest absolute Gasteiger partial charge is 0.490 e. The smallest absolute Gasteiger partial charge is 0.475 e. The van der Waals surface area contributed by atoms with Crippen molar-refractivity contribution >= 4 is 11.9 Å². The lowest BCUT2D eigenvalue weighted by Crippen LogP contribution is -2.57. The number of piperidine rings is 1. The number of ether oxygens (including phenoxy) is 1. The number of carbonyl (C=O) groups is 2. The standard InChI is InChI=1S/C19H23N3O3.C2HF3O2/c23-18(16-4-11-24-14-16)22-8-5-19(6-9-22)15-21(10-12-25-19)13-17-3-1-2-7-20-17;3-2(4,5)1(6)7/h1-4,7,11,14H,5-6,8-10,12-13,15H2;(H,6,7). The SMILES string of the molecule is O=C(O)C(F)(F)F.O=C(c1ccoc1)N1CCC2(CC1)CN(Cc1ccccn1)CCO2. The minimum absolute atomic E-state index is 0.0461. The summed E-state index contributed by atoms with van der Waals surface area (Å²) < 4.78 is 42.9. The number of carbonyl (C=O) groups excluding carboxylic acids is 1. The van der Waals surface area contributed by atoms with Crippen LogP contribution < -0.4 is 0 Å². The van der Waals surface area contributed by atoms with Gasteiger partial charge in [-0.2, -0.15) is 13.2 Å². The molecule has 0 radical (unpaired) electrons. The van der Waals surface area contributed by atoms with Gasteiger partial charge >= 0.3 is 12.1 Å². The number of aliphatic carboxylic acids is 1. The van der Waals surface area contributed by atoms with Crippen LogP contribution in [0.5, 0.6) is 0 Å². The van der Waals surface area contributed by atoms with E-state index in [2.05, 4.69) is 16.0 Å². The molecule has 2 saturated heterocycles. The second-order valence-corrected chi connectivity index (χ2v) is 7.67. The van der Waals surface area contributed by atoms with E-state index in [9.17, 15) is 18.0 Å². The van der Waals surface area contributed by atoms with E-state index < -0.39 is 12.1 Å². The van der Waals surface area contributed by atoms with Crippen LogP contribution in [0, 0.1) is 0 Å². The molecule has 0 aliphatic carbocycles. The van der Waals surface area contributed by atoms with Gasteiger partial charge in [0.05, 0.1) is 29.7 Å². The van der Waals surface area contributed by atoms with Gasteiger partial charge in [-0.15, -0.1) is 0 Å². The number of halogens is 3. The molecule has 1 spiro atoms. The Morgan fingerprint density at radius 3 is 2.44 bits per heavy atom. The highest BCUT2D eigenvalue weighted by molar-refractivity contribution is 5.93. The first-order valence-electron chi connectivity index (χ1n) is 10.1. The minimum Gasteiger partial charge on any atom is -0.475 e. The topological polar surface area (TPSA) is 96.1 Å². The third-order valence-corrected chi connectivity index (χ3v) is 5.41. The fourth-order valence-corrected chi connectivity index (χ4v) is 3.77. The molecular formula is C21H24F3N3O5. The van der Waals surface area contributed by atoms with Crippen molar-refractivity contribution in [2.45, 2.75) is 31.2 Å². The molecule has 0 saturated carbocycles. The average molecular weight is 455 g/mol. The van der Waals surface area contributed by atoms with Crippen LogP contribution in [0.2, 0.25) is 0 Å². The number of aromatic nitrogens is 1. The maximum atomic E-state index is 12.4. The Balaban J connectivity index is 0.000000360. The van der Waals surface area contributed by atoms with Gasteiger partial charge in [0.2, 0.25) is 0 Å². The molecule has 1 N–H and O–H groups in total. The Morgan fingerprint density at radius 2 is 1.88 bits per heavy atom. The third kappa shape index (κ3) is 6.30. The van der Waals surface area contributed by atoms with Crippen LogP contribution in [0.25, 0.3) is 0 Å². The summed E-state index contributed by atoms with van der Waals surface area (Å²) in [6.07, 6.45) is 1.55. The number of rotatable bonds is 3. The first kappa shape index (κ1) is 23.7. The molecule has 0 aromatic carbocycles. The molecule has 32 heavy (non-hydrogen) atoms. The number of carboxylic acids is 1. The quantitative estimate of drug-likeness (QED) is 0.760. The van der Waals surface area contributed by atoms with Crippen molar-refractivity contribution in [2.24, 2.45) is 0 Å². The highest BCUT2D eigenvalue weighted by atomic mass is 19.4. The van der Waals surface area contributed by atoms with Crippen LogP contribution >= 0.6 is 0 Å². The average Bonchev–Trinajstić information content (AvgIpc) is 3.29. The molecule has 2 aliphatic heterocycles. The van der Waals surface area contributed by atoms with Crippen LogP contribution in [0.15, 0.2) is 47.4 Å². The predicted octanol–water partition coefficient (Wildman–Crippen LogP) is 2.82. The third-order valence-electron chi connectivity index (χ3n) is 5.41. The molecule has 11 heteroatoms. The highest BCUT2D eigenvalue weighted by Crippen LogP contribution is 2.31. The fourth-order valence-electron chi connectivity index (χ4n) is 3.77. The molecule has 8 nitrogen and oxygen atoms in total. The van der Waals surface area contributed by atoms with Gasteiger partial charge < -0.3 is 19.2 Å². The Morgan fingerprint density at radius 1 is 1.16 bits per heavy atom. The van der Waals surface area contributed by atoms with Gasteiger partial charge in [0.25, 0.3) is 5.91 Å². The summed E-state index contributed by atoms with van der Waals surface area (Å²) in [5, 5.41) is 7.12. The molecular weight excluding hydrogens is 431 g/mol. The van der Waals surface area contributed by atoms with Crippen molar-refractivity contribution in [2.75, 3.05) is 32.8 Å². The van der Waals surface area contributed by atoms with Crippen molar-refractivity contribution in [3.05, 3.63) is 54.2 Å². The molecule has 1 amide bonds. The maximum absolute atomic E-state index is 12.4. The summed E-state index contributed by atoms with van der Waals surface area (Å²) in [6, 6.07) is 7.75. The summed E-state index contributed by atoms with van der Waals surface area (Å²) in [5.74, 6) is -2.71. The minimum atomic E-state index is -5.08. The highest BCUT2D eigenvalue weighted by Gasteiger charge is 2.41. The number of nitrogens with zero attached hydrogens (tertiary/aromatic N) is 3. The molecule has 0 atom stereocenters. The molecule has 2 aliphatic rings. The van der Waals surface area contributed by atoms with Crippen molar-refractivity contribution in [3.63, 3.8) is 0 Å². The zero-order valence-electron chi connectivity index (χ0n) is 17.3. The number of alkyl halides is 3. The van der Waals surface area contributed by atoms with E-state index >= 15 is 0 Å². The number of hydrogen-bond donors (Lipinski definition) is 1. The number of hydrogen-bond acceptors (Lipinski definition) is 6. The molecule has 4 heterocycles. The van der Waals surface area contributed by atoms with Gasteiger partial charge in [0.15, 0.2) is 0 Å². The second-order valence-electron chi connectivity index (χ2n) is 7.67. The lowest BCUT2D eigenvalue weighted by Gasteiger charge is -2.47. The second kappa shape index (κ2) is 10.1. The zero-order chi connectivity index (χ0) is 23.2. The van der Waals surface area contributed by atoms with Crippen molar-refractivity contribution < 1.29 is 37.0 Å². The van der Waals surface area contributed by atoms with E-state index in [0.29, 0.717) is 5.56 Å². The fraction of sp³-hybridized carbons (Fsp3) is 0.476. The van der Waals surface area contributed by atoms with E-state index in [0.717, 1.165) is 57.9 Å². The van der Waals surface area contributed by atoms with Gasteiger partial charge in [-0.25, -0.2) is 4.79 Å². The van der Waals surface area contributed by atoms with E-state index in [1.807, 2.05) is 23.2 Å². The van der Waals surface area contributed by atoms with Crippen molar-refractivity contribution in [1.29, 1.82) is 0 Å². The van der Waals surface area contributed by atoms with Gasteiger partial charge in [-0.1, -0.05) is 6.07 Å². The molecule has 2 aromatic heterocycles. The van der Waals surface area contributed by atoms with Crippen LogP contribution in [-0.2, 0) is 16.1 Å². The van der Waals surface area contributed by atoms with E-state index in [4.69, 9.17) is 19.1 Å². The normalized spacial score (nSPS) is 18.7. The number of pyridine rings is 1. The summed E-state index contributed by atoms with van der Waals surface area (Å²) in [4.78, 5) is 30.1. The van der Waals surface area contributed by atoms with Crippen LogP contribution in [0.1, 0.15) is 28.9 Å². The van der Waals surface area contributed by atoms with Gasteiger partial charge in [0, 0.05) is 38.9 Å². The van der Waals surface area contributed by atoms with Crippen molar-refractivity contribution in [3.8, 4) is 0 Å². The number of amides is 1. The number of morpholine rings is 1. The van der Waals surface area contributed by atoms with Crippen LogP contribution in [0.4, 0.5) is 13.2 Å². The van der Waals surface area contributed by atoms with Gasteiger partial charge in [-0.3, -0.25) is 14.7 Å². The van der Waals surface area contributed by atoms with E-state index in [-0.39, 0.29) is 11.5 Å². The summed E-state index contributed by atoms with van der Waals surface area (Å²) in [6.45, 7) is 4.86. The molecule has 2 fully saturated rings. The monoisotopic (exact) mass is 455 g/mol. The Bertz CT molecular complexity index is 882. The van der Waals surface area contributed by atoms with E-state index in [1.54, 1.807) is 12.3 Å². The molecule has 0 unspecified atom stereocenters. The molecule has 4 rings (SSSR count). The van der Waals surface area contributed by atoms with Crippen molar-refractivity contribution in [1.82, 2.24) is 14.8 Å². The van der Waals surface area contributed by atoms with Gasteiger partial charge in [0.1, 0.15) is 6.26 Å². The lowest BCUT2D eigenvalue weighted by molar-refractivity contribution is -0.192. The first-order valence-corrected chi connectivity index (χ1v) is 10.1. The predicted molar refractivity (Wildman–Crippen MR) is 106 cm³/mol. The number of likely N-dealkylation sites (tertiary alicyclic amines) is 1. The van der Waals surface area contributed by atoms with Gasteiger partial charge in [-0.05, 0) is 31.0 Å².